The minimum absolute atomic E-state index is 0.0344. The predicted molar refractivity (Wildman–Crippen MR) is 75.3 cm³/mol. The molecule has 0 saturated heterocycles. The fourth-order valence-corrected chi connectivity index (χ4v) is 2.31. The quantitative estimate of drug-likeness (QED) is 0.894. The number of nitrogens with one attached hydrogen (secondary N) is 1. The largest absolute Gasteiger partial charge is 0.492 e. The Balaban J connectivity index is 2.16. The highest BCUT2D eigenvalue weighted by Gasteiger charge is 2.27. The molecule has 5 heteroatoms. The van der Waals surface area contributed by atoms with E-state index in [1.807, 2.05) is 26.0 Å². The van der Waals surface area contributed by atoms with Crippen molar-refractivity contribution in [2.75, 3.05) is 6.61 Å². The molecule has 3 N–H and O–H groups in total. The minimum atomic E-state index is -0.217. The van der Waals surface area contributed by atoms with Gasteiger partial charge in [0.2, 0.25) is 5.91 Å². The highest BCUT2D eigenvalue weighted by molar-refractivity contribution is 6.32. The number of carbonyl (C=O) groups is 1. The number of rotatable bonds is 3. The first kappa shape index (κ1) is 14.2. The molecule has 104 valence electrons. The Kier molecular flexibility index (Phi) is 4.32. The van der Waals surface area contributed by atoms with E-state index in [0.29, 0.717) is 17.4 Å². The topological polar surface area (TPSA) is 64.4 Å². The summed E-state index contributed by atoms with van der Waals surface area (Å²) in [4.78, 5) is 12.1. The van der Waals surface area contributed by atoms with Crippen LogP contribution in [0.2, 0.25) is 5.02 Å². The summed E-state index contributed by atoms with van der Waals surface area (Å²) in [7, 11) is 0. The van der Waals surface area contributed by atoms with Gasteiger partial charge in [-0.15, -0.1) is 0 Å². The smallest absolute Gasteiger partial charge is 0.224 e. The van der Waals surface area contributed by atoms with E-state index in [4.69, 9.17) is 22.1 Å². The van der Waals surface area contributed by atoms with Crippen molar-refractivity contribution in [1.29, 1.82) is 0 Å². The third-order valence-corrected chi connectivity index (χ3v) is 3.84. The number of carbonyl (C=O) groups excluding carboxylic acids is 1. The Morgan fingerprint density at radius 2 is 2.26 bits per heavy atom. The molecule has 0 fully saturated rings. The molecule has 0 spiro atoms. The molecule has 1 aromatic rings. The third-order valence-electron chi connectivity index (χ3n) is 3.54. The van der Waals surface area contributed by atoms with Gasteiger partial charge in [-0.3, -0.25) is 4.79 Å². The van der Waals surface area contributed by atoms with E-state index in [0.717, 1.165) is 12.0 Å². The van der Waals surface area contributed by atoms with Crippen molar-refractivity contribution in [3.05, 3.63) is 28.8 Å². The van der Waals surface area contributed by atoms with Crippen molar-refractivity contribution in [2.45, 2.75) is 32.4 Å². The molecule has 3 atom stereocenters. The Hall–Kier alpha value is -1.26. The summed E-state index contributed by atoms with van der Waals surface area (Å²) in [6.07, 6.45) is 0.741. The zero-order valence-electron chi connectivity index (χ0n) is 11.2. The van der Waals surface area contributed by atoms with Crippen molar-refractivity contribution < 1.29 is 9.53 Å². The van der Waals surface area contributed by atoms with Crippen LogP contribution < -0.4 is 15.8 Å². The van der Waals surface area contributed by atoms with Gasteiger partial charge in [0.25, 0.3) is 0 Å². The molecule has 1 aromatic carbocycles. The van der Waals surface area contributed by atoms with E-state index in [1.165, 1.54) is 0 Å². The van der Waals surface area contributed by atoms with Crippen LogP contribution in [0.4, 0.5) is 0 Å². The Morgan fingerprint density at radius 1 is 1.53 bits per heavy atom. The van der Waals surface area contributed by atoms with Gasteiger partial charge in [0.15, 0.2) is 0 Å². The number of fused-ring (bicyclic) bond motifs is 1. The molecule has 19 heavy (non-hydrogen) atoms. The zero-order valence-corrected chi connectivity index (χ0v) is 11.9. The van der Waals surface area contributed by atoms with Crippen LogP contribution in [-0.4, -0.2) is 18.6 Å². The maximum Gasteiger partial charge on any atom is 0.224 e. The van der Waals surface area contributed by atoms with Crippen molar-refractivity contribution in [1.82, 2.24) is 5.32 Å². The number of nitrogens with two attached hydrogens (primary N) is 1. The van der Waals surface area contributed by atoms with Crippen LogP contribution in [0, 0.1) is 5.92 Å². The Morgan fingerprint density at radius 3 is 2.95 bits per heavy atom. The number of hydrogen-bond donors (Lipinski definition) is 2. The monoisotopic (exact) mass is 282 g/mol. The van der Waals surface area contributed by atoms with Gasteiger partial charge in [-0.1, -0.05) is 30.7 Å². The van der Waals surface area contributed by atoms with Gasteiger partial charge in [0.1, 0.15) is 5.75 Å². The SMILES string of the molecule is CC(N)C(C)C(=O)NC1CCOc2c(Cl)cccc21. The third kappa shape index (κ3) is 3.01. The molecule has 1 aliphatic rings. The highest BCUT2D eigenvalue weighted by atomic mass is 35.5. The molecule has 3 unspecified atom stereocenters. The maximum atomic E-state index is 12.1. The van der Waals surface area contributed by atoms with E-state index in [9.17, 15) is 4.79 Å². The fourth-order valence-electron chi connectivity index (χ4n) is 2.08. The second-order valence-electron chi connectivity index (χ2n) is 5.00. The first-order valence-corrected chi connectivity index (χ1v) is 6.85. The van der Waals surface area contributed by atoms with Gasteiger partial charge in [-0.2, -0.15) is 0 Å². The Labute approximate surface area is 118 Å². The average molecular weight is 283 g/mol. The standard InChI is InChI=1S/C14H19ClN2O2/c1-8(9(2)16)14(18)17-12-6-7-19-13-10(12)4-3-5-11(13)15/h3-5,8-9,12H,6-7,16H2,1-2H3,(H,17,18). The van der Waals surface area contributed by atoms with Gasteiger partial charge in [0.05, 0.1) is 17.7 Å². The molecule has 0 radical (unpaired) electrons. The van der Waals surface area contributed by atoms with Crippen LogP contribution in [0.1, 0.15) is 31.9 Å². The van der Waals surface area contributed by atoms with Gasteiger partial charge in [-0.05, 0) is 13.0 Å². The number of hydrogen-bond acceptors (Lipinski definition) is 3. The van der Waals surface area contributed by atoms with Gasteiger partial charge >= 0.3 is 0 Å². The fraction of sp³-hybridized carbons (Fsp3) is 0.500. The summed E-state index contributed by atoms with van der Waals surface area (Å²) in [6, 6.07) is 5.36. The zero-order chi connectivity index (χ0) is 14.0. The number of para-hydroxylation sites is 1. The van der Waals surface area contributed by atoms with E-state index < -0.39 is 0 Å². The summed E-state index contributed by atoms with van der Waals surface area (Å²) in [5, 5.41) is 3.61. The van der Waals surface area contributed by atoms with Crippen LogP contribution in [0.25, 0.3) is 0 Å². The van der Waals surface area contributed by atoms with Crippen LogP contribution in [0.5, 0.6) is 5.75 Å². The molecule has 0 saturated carbocycles. The molecule has 1 amide bonds. The van der Waals surface area contributed by atoms with Crippen LogP contribution >= 0.6 is 11.6 Å². The van der Waals surface area contributed by atoms with Crippen LogP contribution in [0.3, 0.4) is 0 Å². The highest BCUT2D eigenvalue weighted by Crippen LogP contribution is 2.37. The lowest BCUT2D eigenvalue weighted by Crippen LogP contribution is -2.41. The molecular weight excluding hydrogens is 264 g/mol. The number of halogens is 1. The average Bonchev–Trinajstić information content (AvgIpc) is 2.39. The van der Waals surface area contributed by atoms with E-state index in [1.54, 1.807) is 6.07 Å². The first-order valence-electron chi connectivity index (χ1n) is 6.48. The second kappa shape index (κ2) is 5.80. The summed E-state index contributed by atoms with van der Waals surface area (Å²) in [6.45, 7) is 4.21. The molecular formula is C14H19ClN2O2. The molecule has 1 heterocycles. The van der Waals surface area contributed by atoms with Gasteiger partial charge in [-0.25, -0.2) is 0 Å². The summed E-state index contributed by atoms with van der Waals surface area (Å²) >= 11 is 6.10. The van der Waals surface area contributed by atoms with E-state index in [-0.39, 0.29) is 23.9 Å². The summed E-state index contributed by atoms with van der Waals surface area (Å²) in [5.74, 6) is 0.424. The molecule has 2 rings (SSSR count). The van der Waals surface area contributed by atoms with Crippen molar-refractivity contribution in [2.24, 2.45) is 11.7 Å². The first-order chi connectivity index (χ1) is 9.00. The van der Waals surface area contributed by atoms with Crippen LogP contribution in [0.15, 0.2) is 18.2 Å². The lowest BCUT2D eigenvalue weighted by Gasteiger charge is -2.28. The number of ether oxygens (including phenoxy) is 1. The summed E-state index contributed by atoms with van der Waals surface area (Å²) < 4.78 is 5.57. The van der Waals surface area contributed by atoms with Gasteiger partial charge in [0, 0.05) is 23.9 Å². The normalized spacial score (nSPS) is 20.9. The maximum absolute atomic E-state index is 12.1. The molecule has 0 aromatic heterocycles. The van der Waals surface area contributed by atoms with Gasteiger partial charge < -0.3 is 15.8 Å². The minimum Gasteiger partial charge on any atom is -0.492 e. The van der Waals surface area contributed by atoms with E-state index >= 15 is 0 Å². The van der Waals surface area contributed by atoms with Crippen molar-refractivity contribution >= 4 is 17.5 Å². The van der Waals surface area contributed by atoms with Crippen molar-refractivity contribution in [3.8, 4) is 5.75 Å². The molecule has 4 nitrogen and oxygen atoms in total. The van der Waals surface area contributed by atoms with E-state index in [2.05, 4.69) is 5.32 Å². The lowest BCUT2D eigenvalue weighted by atomic mass is 9.98. The predicted octanol–water partition coefficient (Wildman–Crippen LogP) is 2.26. The number of benzene rings is 1. The lowest BCUT2D eigenvalue weighted by molar-refractivity contribution is -0.125. The second-order valence-corrected chi connectivity index (χ2v) is 5.41. The van der Waals surface area contributed by atoms with Crippen LogP contribution in [-0.2, 0) is 4.79 Å². The molecule has 0 bridgehead atoms. The number of amides is 1. The molecule has 1 aliphatic heterocycles. The Bertz CT molecular complexity index is 477. The summed E-state index contributed by atoms with van der Waals surface area (Å²) in [5.41, 5.74) is 6.69. The molecule has 0 aliphatic carbocycles. The van der Waals surface area contributed by atoms with Crippen molar-refractivity contribution in [3.63, 3.8) is 0 Å².